The van der Waals surface area contributed by atoms with Crippen molar-refractivity contribution >= 4 is 17.0 Å². The maximum absolute atomic E-state index is 13.8. The molecule has 3 rings (SSSR count). The smallest absolute Gasteiger partial charge is 0.381 e. The molecule has 2 nitrogen and oxygen atoms in total. The van der Waals surface area contributed by atoms with Crippen LogP contribution >= 0.6 is 11.3 Å². The maximum atomic E-state index is 13.8. The summed E-state index contributed by atoms with van der Waals surface area (Å²) in [6, 6.07) is 11.8. The summed E-state index contributed by atoms with van der Waals surface area (Å²) >= 11 is 0.638. The highest BCUT2D eigenvalue weighted by atomic mass is 32.1. The van der Waals surface area contributed by atoms with E-state index < -0.39 is 11.2 Å². The predicted octanol–water partition coefficient (Wildman–Crippen LogP) is 6.20. The predicted molar refractivity (Wildman–Crippen MR) is 95.8 cm³/mol. The number of alkyl halides is 3. The molecule has 0 unspecified atom stereocenters. The molecule has 2 aromatic carbocycles. The van der Waals surface area contributed by atoms with E-state index >= 15 is 0 Å². The molecule has 0 spiro atoms. The Morgan fingerprint density at radius 3 is 2.31 bits per heavy atom. The molecule has 3 aromatic rings. The van der Waals surface area contributed by atoms with Gasteiger partial charge in [-0.05, 0) is 37.6 Å². The van der Waals surface area contributed by atoms with Crippen molar-refractivity contribution in [2.24, 2.45) is 0 Å². The van der Waals surface area contributed by atoms with Crippen LogP contribution in [0.2, 0.25) is 0 Å². The topological polar surface area (TPSA) is 24.9 Å². The van der Waals surface area contributed by atoms with Crippen molar-refractivity contribution < 1.29 is 17.6 Å². The summed E-state index contributed by atoms with van der Waals surface area (Å²) in [6.07, 6.45) is -4.44. The number of rotatable bonds is 4. The molecule has 0 atom stereocenters. The molecule has 1 aromatic heterocycles. The average Bonchev–Trinajstić information content (AvgIpc) is 2.97. The zero-order valence-electron chi connectivity index (χ0n) is 14.1. The minimum atomic E-state index is -4.44. The van der Waals surface area contributed by atoms with Gasteiger partial charge in [0.25, 0.3) is 0 Å². The normalized spacial score (nSPS) is 11.6. The van der Waals surface area contributed by atoms with Crippen LogP contribution in [0.3, 0.4) is 0 Å². The minimum absolute atomic E-state index is 0.271. The van der Waals surface area contributed by atoms with Gasteiger partial charge >= 0.3 is 6.18 Å². The lowest BCUT2D eigenvalue weighted by Gasteiger charge is -2.10. The number of nitrogens with zero attached hydrogens (tertiary/aromatic N) is 1. The number of nitrogens with one attached hydrogen (secondary N) is 1. The van der Waals surface area contributed by atoms with Crippen molar-refractivity contribution in [2.75, 3.05) is 5.32 Å². The zero-order valence-corrected chi connectivity index (χ0v) is 14.9. The van der Waals surface area contributed by atoms with Gasteiger partial charge < -0.3 is 5.32 Å². The number of thiazole rings is 1. The first kappa shape index (κ1) is 18.4. The molecule has 0 aliphatic carbocycles. The van der Waals surface area contributed by atoms with E-state index in [1.807, 2.05) is 13.0 Å². The van der Waals surface area contributed by atoms with Gasteiger partial charge in [0.05, 0.1) is 5.69 Å². The van der Waals surface area contributed by atoms with Gasteiger partial charge in [-0.25, -0.2) is 9.37 Å². The summed E-state index contributed by atoms with van der Waals surface area (Å²) in [6.45, 7) is 3.79. The average molecular weight is 380 g/mol. The third kappa shape index (κ3) is 3.88. The lowest BCUT2D eigenvalue weighted by molar-refractivity contribution is -0.137. The van der Waals surface area contributed by atoms with E-state index in [1.54, 1.807) is 37.3 Å². The van der Waals surface area contributed by atoms with Gasteiger partial charge in [0.1, 0.15) is 5.82 Å². The van der Waals surface area contributed by atoms with E-state index in [1.165, 1.54) is 6.07 Å². The van der Waals surface area contributed by atoms with Gasteiger partial charge in [-0.1, -0.05) is 24.3 Å². The highest BCUT2D eigenvalue weighted by Gasteiger charge is 2.35. The van der Waals surface area contributed by atoms with Crippen LogP contribution in [0.15, 0.2) is 42.5 Å². The third-order valence-corrected chi connectivity index (χ3v) is 5.04. The lowest BCUT2D eigenvalue weighted by atomic mass is 10.1. The van der Waals surface area contributed by atoms with Crippen LogP contribution < -0.4 is 5.32 Å². The Morgan fingerprint density at radius 1 is 1.04 bits per heavy atom. The Morgan fingerprint density at radius 2 is 1.73 bits per heavy atom. The number of hydrogen-bond acceptors (Lipinski definition) is 3. The first-order valence-corrected chi connectivity index (χ1v) is 8.70. The molecule has 0 bridgehead atoms. The van der Waals surface area contributed by atoms with Crippen molar-refractivity contribution in [1.82, 2.24) is 4.98 Å². The van der Waals surface area contributed by atoms with Crippen molar-refractivity contribution in [3.8, 4) is 11.3 Å². The highest BCUT2D eigenvalue weighted by Crippen LogP contribution is 2.37. The molecular formula is C19H16F4N2S. The van der Waals surface area contributed by atoms with Crippen LogP contribution in [-0.2, 0) is 12.7 Å². The molecule has 0 amide bonds. The molecule has 136 valence electrons. The second kappa shape index (κ2) is 7.07. The summed E-state index contributed by atoms with van der Waals surface area (Å²) in [4.78, 5) is 4.24. The molecular weight excluding hydrogens is 364 g/mol. The zero-order chi connectivity index (χ0) is 18.9. The molecule has 0 fully saturated rings. The SMILES string of the molecule is Cc1cccc(F)c1CNc1ccc(-c2nc(C(F)(F)F)sc2C)cc1. The molecule has 0 saturated heterocycles. The van der Waals surface area contributed by atoms with Crippen molar-refractivity contribution in [2.45, 2.75) is 26.6 Å². The van der Waals surface area contributed by atoms with E-state index in [2.05, 4.69) is 10.3 Å². The molecule has 26 heavy (non-hydrogen) atoms. The summed E-state index contributed by atoms with van der Waals surface area (Å²) in [5, 5.41) is 2.28. The standard InChI is InChI=1S/C19H16F4N2S/c1-11-4-3-5-16(20)15(11)10-24-14-8-6-13(7-9-14)17-12(2)26-18(25-17)19(21,22)23/h3-9,24H,10H2,1-2H3. The Hall–Kier alpha value is -2.41. The molecule has 0 aliphatic heterocycles. The third-order valence-electron chi connectivity index (χ3n) is 4.02. The van der Waals surface area contributed by atoms with Crippen LogP contribution in [0, 0.1) is 19.7 Å². The van der Waals surface area contributed by atoms with Crippen molar-refractivity contribution in [1.29, 1.82) is 0 Å². The molecule has 1 N–H and O–H groups in total. The second-order valence-corrected chi connectivity index (χ2v) is 7.09. The van der Waals surface area contributed by atoms with Crippen LogP contribution in [0.25, 0.3) is 11.3 Å². The van der Waals surface area contributed by atoms with E-state index in [4.69, 9.17) is 0 Å². The van der Waals surface area contributed by atoms with E-state index in [0.717, 1.165) is 11.3 Å². The Labute approximate surface area is 152 Å². The van der Waals surface area contributed by atoms with Gasteiger partial charge in [0.15, 0.2) is 5.01 Å². The van der Waals surface area contributed by atoms with Gasteiger partial charge in [-0.15, -0.1) is 11.3 Å². The number of aromatic nitrogens is 1. The molecule has 0 radical (unpaired) electrons. The Kier molecular flexibility index (Phi) is 5.00. The number of aryl methyl sites for hydroxylation is 2. The maximum Gasteiger partial charge on any atom is 0.443 e. The second-order valence-electron chi connectivity index (χ2n) is 5.89. The van der Waals surface area contributed by atoms with Gasteiger partial charge in [-0.3, -0.25) is 0 Å². The number of anilines is 1. The van der Waals surface area contributed by atoms with Crippen molar-refractivity contribution in [3.05, 3.63) is 69.3 Å². The monoisotopic (exact) mass is 380 g/mol. The van der Waals surface area contributed by atoms with Gasteiger partial charge in [-0.2, -0.15) is 13.2 Å². The van der Waals surface area contributed by atoms with Gasteiger partial charge in [0.2, 0.25) is 0 Å². The first-order valence-electron chi connectivity index (χ1n) is 7.88. The van der Waals surface area contributed by atoms with E-state index in [-0.39, 0.29) is 5.82 Å². The molecule has 7 heteroatoms. The van der Waals surface area contributed by atoms with Crippen LogP contribution in [0.1, 0.15) is 21.0 Å². The summed E-state index contributed by atoms with van der Waals surface area (Å²) in [5.41, 5.74) is 3.13. The van der Waals surface area contributed by atoms with Crippen LogP contribution in [0.4, 0.5) is 23.2 Å². The minimum Gasteiger partial charge on any atom is -0.381 e. The largest absolute Gasteiger partial charge is 0.443 e. The van der Waals surface area contributed by atoms with Crippen molar-refractivity contribution in [3.63, 3.8) is 0 Å². The molecule has 1 heterocycles. The fourth-order valence-corrected chi connectivity index (χ4v) is 3.42. The van der Waals surface area contributed by atoms with E-state index in [0.29, 0.717) is 39.6 Å². The first-order chi connectivity index (χ1) is 12.3. The number of hydrogen-bond donors (Lipinski definition) is 1. The summed E-state index contributed by atoms with van der Waals surface area (Å²) in [7, 11) is 0. The molecule has 0 saturated carbocycles. The Bertz CT molecular complexity index is 894. The van der Waals surface area contributed by atoms with Gasteiger partial charge in [0, 0.05) is 28.2 Å². The Balaban J connectivity index is 1.76. The molecule has 0 aliphatic rings. The van der Waals surface area contributed by atoms with E-state index in [9.17, 15) is 17.6 Å². The fraction of sp³-hybridized carbons (Fsp3) is 0.211. The van der Waals surface area contributed by atoms with Crippen LogP contribution in [-0.4, -0.2) is 4.98 Å². The highest BCUT2D eigenvalue weighted by molar-refractivity contribution is 7.12. The fourth-order valence-electron chi connectivity index (χ4n) is 2.61. The lowest BCUT2D eigenvalue weighted by Crippen LogP contribution is -2.04. The summed E-state index contributed by atoms with van der Waals surface area (Å²) in [5.74, 6) is -0.271. The number of halogens is 4. The van der Waals surface area contributed by atoms with Crippen LogP contribution in [0.5, 0.6) is 0 Å². The quantitative estimate of drug-likeness (QED) is 0.545. The number of benzene rings is 2. The summed E-state index contributed by atoms with van der Waals surface area (Å²) < 4.78 is 52.2.